The lowest BCUT2D eigenvalue weighted by molar-refractivity contribution is 0.278. The number of hydrogen-bond acceptors (Lipinski definition) is 5. The molecule has 0 radical (unpaired) electrons. The molecule has 4 nitrogen and oxygen atoms in total. The highest BCUT2D eigenvalue weighted by molar-refractivity contribution is 8.00. The van der Waals surface area contributed by atoms with Crippen molar-refractivity contribution in [1.29, 1.82) is 0 Å². The Hall–Kier alpha value is -1.95. The smallest absolute Gasteiger partial charge is 0.159 e. The summed E-state index contributed by atoms with van der Waals surface area (Å²) in [6.07, 6.45) is 6.10. The number of nitrogens with one attached hydrogen (secondary N) is 1. The first-order valence-electron chi connectivity index (χ1n) is 11.9. The quantitative estimate of drug-likeness (QED) is 0.603. The molecular formula is C26H34N4S. The van der Waals surface area contributed by atoms with Gasteiger partial charge < -0.3 is 20.0 Å². The number of thioether (sulfide) groups is 1. The Kier molecular flexibility index (Phi) is 6.26. The lowest BCUT2D eigenvalue weighted by Gasteiger charge is -2.30. The Balaban J connectivity index is 1.39. The van der Waals surface area contributed by atoms with Crippen molar-refractivity contribution in [3.05, 3.63) is 65.9 Å². The maximum atomic E-state index is 3.62. The molecule has 5 heteroatoms. The molecule has 1 saturated heterocycles. The van der Waals surface area contributed by atoms with Crippen LogP contribution in [0.5, 0.6) is 0 Å². The van der Waals surface area contributed by atoms with Gasteiger partial charge in [-0.3, -0.25) is 0 Å². The van der Waals surface area contributed by atoms with Crippen molar-refractivity contribution in [3.63, 3.8) is 0 Å². The summed E-state index contributed by atoms with van der Waals surface area (Å²) >= 11 is 1.98. The lowest BCUT2D eigenvalue weighted by atomic mass is 10.0. The highest BCUT2D eigenvalue weighted by Gasteiger charge is 2.39. The summed E-state index contributed by atoms with van der Waals surface area (Å²) < 4.78 is 0. The van der Waals surface area contributed by atoms with Gasteiger partial charge in [0.15, 0.2) is 5.50 Å². The molecule has 31 heavy (non-hydrogen) atoms. The Morgan fingerprint density at radius 3 is 2.61 bits per heavy atom. The molecule has 0 amide bonds. The Morgan fingerprint density at radius 1 is 1.06 bits per heavy atom. The van der Waals surface area contributed by atoms with Crippen molar-refractivity contribution in [2.75, 3.05) is 37.6 Å². The molecule has 2 unspecified atom stereocenters. The Morgan fingerprint density at radius 2 is 1.87 bits per heavy atom. The maximum absolute atomic E-state index is 3.62. The molecule has 3 aliphatic heterocycles. The molecule has 0 aromatic heterocycles. The summed E-state index contributed by atoms with van der Waals surface area (Å²) in [4.78, 5) is 9.01. The summed E-state index contributed by atoms with van der Waals surface area (Å²) in [6, 6.07) is 18.7. The van der Waals surface area contributed by atoms with E-state index in [1.165, 1.54) is 46.7 Å². The average molecular weight is 435 g/mol. The van der Waals surface area contributed by atoms with Crippen molar-refractivity contribution in [3.8, 4) is 0 Å². The highest BCUT2D eigenvalue weighted by atomic mass is 32.2. The van der Waals surface area contributed by atoms with Crippen molar-refractivity contribution in [1.82, 2.24) is 15.1 Å². The van der Waals surface area contributed by atoms with Gasteiger partial charge in [0.05, 0.1) is 11.4 Å². The molecule has 2 atom stereocenters. The first kappa shape index (κ1) is 20.9. The number of rotatable bonds is 8. The van der Waals surface area contributed by atoms with Crippen LogP contribution < -0.4 is 10.2 Å². The van der Waals surface area contributed by atoms with Crippen LogP contribution >= 0.6 is 11.8 Å². The normalized spacial score (nSPS) is 22.2. The van der Waals surface area contributed by atoms with Crippen molar-refractivity contribution < 1.29 is 0 Å². The van der Waals surface area contributed by atoms with E-state index < -0.39 is 0 Å². The van der Waals surface area contributed by atoms with Gasteiger partial charge >= 0.3 is 0 Å². The van der Waals surface area contributed by atoms with Crippen LogP contribution in [0, 0.1) is 0 Å². The molecule has 0 saturated carbocycles. The third-order valence-corrected chi connectivity index (χ3v) is 8.18. The van der Waals surface area contributed by atoms with E-state index in [9.17, 15) is 0 Å². The van der Waals surface area contributed by atoms with Crippen LogP contribution in [0.3, 0.4) is 0 Å². The summed E-state index contributed by atoms with van der Waals surface area (Å²) in [5.41, 5.74) is 5.79. The molecule has 0 bridgehead atoms. The number of anilines is 1. The molecular weight excluding hydrogens is 400 g/mol. The topological polar surface area (TPSA) is 21.8 Å². The molecule has 5 rings (SSSR count). The van der Waals surface area contributed by atoms with E-state index in [1.807, 2.05) is 11.8 Å². The number of benzene rings is 2. The van der Waals surface area contributed by atoms with Gasteiger partial charge in [0.2, 0.25) is 0 Å². The maximum Gasteiger partial charge on any atom is 0.159 e. The second-order valence-electron chi connectivity index (χ2n) is 8.68. The third kappa shape index (κ3) is 4.11. The van der Waals surface area contributed by atoms with Gasteiger partial charge in [0, 0.05) is 23.7 Å². The van der Waals surface area contributed by atoms with Gasteiger partial charge in [-0.2, -0.15) is 0 Å². The zero-order valence-electron chi connectivity index (χ0n) is 18.8. The fraction of sp³-hybridized carbons (Fsp3) is 0.462. The summed E-state index contributed by atoms with van der Waals surface area (Å²) in [5, 5.41) is 3.62. The third-order valence-electron chi connectivity index (χ3n) is 6.89. The van der Waals surface area contributed by atoms with E-state index in [4.69, 9.17) is 0 Å². The van der Waals surface area contributed by atoms with Crippen molar-refractivity contribution in [2.45, 2.75) is 49.5 Å². The number of hydrogen-bond donors (Lipinski definition) is 1. The molecule has 164 valence electrons. The summed E-state index contributed by atoms with van der Waals surface area (Å²) in [6.45, 7) is 10.2. The van der Waals surface area contributed by atoms with Gasteiger partial charge in [-0.25, -0.2) is 0 Å². The number of nitrogens with zero attached hydrogens (tertiary/aromatic N) is 3. The fourth-order valence-corrected chi connectivity index (χ4v) is 6.38. The van der Waals surface area contributed by atoms with Crippen LogP contribution in [-0.2, 0) is 0 Å². The predicted molar refractivity (Wildman–Crippen MR) is 132 cm³/mol. The molecule has 0 spiro atoms. The van der Waals surface area contributed by atoms with Crippen molar-refractivity contribution in [2.24, 2.45) is 0 Å². The van der Waals surface area contributed by atoms with E-state index in [-0.39, 0.29) is 0 Å². The van der Waals surface area contributed by atoms with E-state index in [0.29, 0.717) is 11.5 Å². The first-order chi connectivity index (χ1) is 15.3. The SMILES string of the molecule is CCN(CC)CCCN1C(c2ccc(C3CCCN3)cc2)=CN2c3ccccc3SC12. The molecule has 3 heterocycles. The molecule has 1 fully saturated rings. The zero-order chi connectivity index (χ0) is 21.2. The van der Waals surface area contributed by atoms with Crippen LogP contribution in [0.25, 0.3) is 5.70 Å². The van der Waals surface area contributed by atoms with Gasteiger partial charge in [0.1, 0.15) is 0 Å². The largest absolute Gasteiger partial charge is 0.340 e. The van der Waals surface area contributed by atoms with E-state index >= 15 is 0 Å². The molecule has 0 aliphatic carbocycles. The van der Waals surface area contributed by atoms with Crippen LogP contribution in [0.15, 0.2) is 59.6 Å². The predicted octanol–water partition coefficient (Wildman–Crippen LogP) is 5.35. The average Bonchev–Trinajstić information content (AvgIpc) is 3.54. The lowest BCUT2D eigenvalue weighted by Crippen LogP contribution is -2.36. The molecule has 2 aromatic carbocycles. The fourth-order valence-electron chi connectivity index (χ4n) is 5.06. The van der Waals surface area contributed by atoms with Crippen LogP contribution in [0.2, 0.25) is 0 Å². The van der Waals surface area contributed by atoms with Gasteiger partial charge in [0.25, 0.3) is 0 Å². The van der Waals surface area contributed by atoms with Crippen LogP contribution in [0.4, 0.5) is 5.69 Å². The standard InChI is InChI=1S/C26H34N4S/c1-3-28(4-2)17-8-18-29-24(19-30-23-10-5-6-11-25(23)31-26(29)30)21-14-12-20(13-15-21)22-9-7-16-27-22/h5-6,10-15,19,22,26-27H,3-4,7-9,16-18H2,1-2H3. The minimum atomic E-state index is 0.334. The van der Waals surface area contributed by atoms with Crippen molar-refractivity contribution >= 4 is 23.1 Å². The summed E-state index contributed by atoms with van der Waals surface area (Å²) in [7, 11) is 0. The molecule has 2 aromatic rings. The van der Waals surface area contributed by atoms with Gasteiger partial charge in [-0.1, -0.05) is 62.0 Å². The first-order valence-corrected chi connectivity index (χ1v) is 12.7. The minimum Gasteiger partial charge on any atom is -0.340 e. The molecule has 1 N–H and O–H groups in total. The number of para-hydroxylation sites is 1. The second-order valence-corrected chi connectivity index (χ2v) is 9.78. The second kappa shape index (κ2) is 9.27. The van der Waals surface area contributed by atoms with Crippen LogP contribution in [-0.4, -0.2) is 48.0 Å². The van der Waals surface area contributed by atoms with E-state index in [0.717, 1.165) is 32.7 Å². The minimum absolute atomic E-state index is 0.334. The van der Waals surface area contributed by atoms with Gasteiger partial charge in [-0.15, -0.1) is 0 Å². The zero-order valence-corrected chi connectivity index (χ0v) is 19.6. The molecule has 3 aliphatic rings. The number of fused-ring (bicyclic) bond motifs is 3. The highest BCUT2D eigenvalue weighted by Crippen LogP contribution is 2.50. The van der Waals surface area contributed by atoms with Gasteiger partial charge in [-0.05, 0) is 68.7 Å². The Bertz CT molecular complexity index is 915. The van der Waals surface area contributed by atoms with E-state index in [2.05, 4.69) is 88.6 Å². The van der Waals surface area contributed by atoms with Crippen LogP contribution in [0.1, 0.15) is 50.3 Å². The Labute approximate surface area is 191 Å². The monoisotopic (exact) mass is 434 g/mol. The van der Waals surface area contributed by atoms with E-state index in [1.54, 1.807) is 0 Å². The summed E-state index contributed by atoms with van der Waals surface area (Å²) in [5.74, 6) is 0.